The Bertz CT molecular complexity index is 496. The summed E-state index contributed by atoms with van der Waals surface area (Å²) in [5.74, 6) is 0. The fraction of sp³-hybridized carbons (Fsp3) is 0.632. The Hall–Kier alpha value is -1.55. The number of likely N-dealkylation sites (tertiary alicyclic amines) is 1. The molecule has 1 aliphatic rings. The van der Waals surface area contributed by atoms with Gasteiger partial charge in [-0.15, -0.1) is 0 Å². The predicted molar refractivity (Wildman–Crippen MR) is 93.6 cm³/mol. The largest absolute Gasteiger partial charge is 0.444 e. The van der Waals surface area contributed by atoms with Gasteiger partial charge in [0.2, 0.25) is 0 Å². The third-order valence-corrected chi connectivity index (χ3v) is 4.19. The summed E-state index contributed by atoms with van der Waals surface area (Å²) in [4.78, 5) is 14.1. The average Bonchev–Trinajstić information content (AvgIpc) is 2.46. The van der Waals surface area contributed by atoms with Gasteiger partial charge in [0.05, 0.1) is 0 Å². The first kappa shape index (κ1) is 17.8. The molecule has 1 heterocycles. The lowest BCUT2D eigenvalue weighted by molar-refractivity contribution is 0.00942. The summed E-state index contributed by atoms with van der Waals surface area (Å²) in [5, 5.41) is 3.63. The van der Waals surface area contributed by atoms with E-state index in [1.54, 1.807) is 0 Å². The highest BCUT2D eigenvalue weighted by atomic mass is 16.6. The van der Waals surface area contributed by atoms with Crippen molar-refractivity contribution in [1.82, 2.24) is 10.2 Å². The Morgan fingerprint density at radius 2 is 2.00 bits per heavy atom. The number of carbonyl (C=O) groups excluding carboxylic acids is 1. The molecule has 1 aromatic carbocycles. The molecule has 23 heavy (non-hydrogen) atoms. The van der Waals surface area contributed by atoms with E-state index in [-0.39, 0.29) is 12.1 Å². The summed E-state index contributed by atoms with van der Waals surface area (Å²) in [6, 6.07) is 11.2. The molecule has 0 aromatic heterocycles. The van der Waals surface area contributed by atoms with E-state index in [2.05, 4.69) is 36.5 Å². The second kappa shape index (κ2) is 7.82. The van der Waals surface area contributed by atoms with Crippen LogP contribution in [0.5, 0.6) is 0 Å². The van der Waals surface area contributed by atoms with E-state index >= 15 is 0 Å². The molecule has 1 saturated heterocycles. The van der Waals surface area contributed by atoms with Gasteiger partial charge in [0.1, 0.15) is 5.60 Å². The Balaban J connectivity index is 1.74. The van der Waals surface area contributed by atoms with Gasteiger partial charge in [-0.05, 0) is 59.1 Å². The highest BCUT2D eigenvalue weighted by Gasteiger charge is 2.31. The topological polar surface area (TPSA) is 41.6 Å². The van der Waals surface area contributed by atoms with Crippen molar-refractivity contribution in [3.05, 3.63) is 35.9 Å². The zero-order valence-corrected chi connectivity index (χ0v) is 14.8. The summed E-state index contributed by atoms with van der Waals surface area (Å²) < 4.78 is 5.49. The molecule has 4 heteroatoms. The van der Waals surface area contributed by atoms with Crippen molar-refractivity contribution in [2.45, 2.75) is 64.6 Å². The van der Waals surface area contributed by atoms with Crippen molar-refractivity contribution in [3.8, 4) is 0 Å². The minimum absolute atomic E-state index is 0.187. The number of carbonyl (C=O) groups is 1. The number of amides is 1. The molecule has 0 aliphatic carbocycles. The van der Waals surface area contributed by atoms with Crippen molar-refractivity contribution in [3.63, 3.8) is 0 Å². The van der Waals surface area contributed by atoms with Crippen LogP contribution in [-0.4, -0.2) is 41.8 Å². The zero-order chi connectivity index (χ0) is 16.9. The zero-order valence-electron chi connectivity index (χ0n) is 14.8. The fourth-order valence-electron chi connectivity index (χ4n) is 3.01. The van der Waals surface area contributed by atoms with Gasteiger partial charge in [-0.1, -0.05) is 30.3 Å². The first-order valence-electron chi connectivity index (χ1n) is 8.62. The summed E-state index contributed by atoms with van der Waals surface area (Å²) in [5.41, 5.74) is 0.931. The van der Waals surface area contributed by atoms with Gasteiger partial charge in [-0.3, -0.25) is 0 Å². The van der Waals surface area contributed by atoms with Crippen molar-refractivity contribution in [2.75, 3.05) is 13.1 Å². The minimum atomic E-state index is -0.429. The van der Waals surface area contributed by atoms with Crippen LogP contribution in [-0.2, 0) is 11.2 Å². The van der Waals surface area contributed by atoms with Crippen molar-refractivity contribution in [1.29, 1.82) is 0 Å². The Morgan fingerprint density at radius 1 is 1.30 bits per heavy atom. The van der Waals surface area contributed by atoms with E-state index in [4.69, 9.17) is 4.74 Å². The number of nitrogens with zero attached hydrogens (tertiary/aromatic N) is 1. The summed E-state index contributed by atoms with van der Waals surface area (Å²) >= 11 is 0. The van der Waals surface area contributed by atoms with Crippen LogP contribution in [0.25, 0.3) is 0 Å². The number of benzene rings is 1. The standard InChI is InChI=1S/C19H30N2O2/c1-15-14-17(20-12-10-16-8-6-5-7-9-16)11-13-21(15)18(22)23-19(2,3)4/h5-9,15,17,20H,10-14H2,1-4H3. The molecule has 1 fully saturated rings. The van der Waals surface area contributed by atoms with Crippen LogP contribution >= 0.6 is 0 Å². The SMILES string of the molecule is CC1CC(NCCc2ccccc2)CCN1C(=O)OC(C)(C)C. The second-order valence-electron chi connectivity index (χ2n) is 7.43. The predicted octanol–water partition coefficient (Wildman–Crippen LogP) is 3.61. The van der Waals surface area contributed by atoms with E-state index in [9.17, 15) is 4.79 Å². The molecule has 2 atom stereocenters. The molecule has 2 unspecified atom stereocenters. The summed E-state index contributed by atoms with van der Waals surface area (Å²) in [7, 11) is 0. The molecule has 1 N–H and O–H groups in total. The normalized spacial score (nSPS) is 22.0. The van der Waals surface area contributed by atoms with Gasteiger partial charge in [0.25, 0.3) is 0 Å². The minimum Gasteiger partial charge on any atom is -0.444 e. The maximum atomic E-state index is 12.2. The van der Waals surface area contributed by atoms with Gasteiger partial charge >= 0.3 is 6.09 Å². The molecule has 128 valence electrons. The van der Waals surface area contributed by atoms with Crippen LogP contribution in [0.3, 0.4) is 0 Å². The quantitative estimate of drug-likeness (QED) is 0.922. The average molecular weight is 318 g/mol. The lowest BCUT2D eigenvalue weighted by Crippen LogP contribution is -2.51. The number of rotatable bonds is 4. The molecule has 0 radical (unpaired) electrons. The maximum Gasteiger partial charge on any atom is 0.410 e. The van der Waals surface area contributed by atoms with Crippen molar-refractivity contribution < 1.29 is 9.53 Å². The van der Waals surface area contributed by atoms with E-state index < -0.39 is 5.60 Å². The van der Waals surface area contributed by atoms with Crippen molar-refractivity contribution in [2.24, 2.45) is 0 Å². The van der Waals surface area contributed by atoms with E-state index in [0.717, 1.165) is 32.4 Å². The van der Waals surface area contributed by atoms with Gasteiger partial charge in [-0.2, -0.15) is 0 Å². The van der Waals surface area contributed by atoms with Crippen molar-refractivity contribution >= 4 is 6.09 Å². The van der Waals surface area contributed by atoms with E-state index in [0.29, 0.717) is 6.04 Å². The van der Waals surface area contributed by atoms with Gasteiger partial charge in [-0.25, -0.2) is 4.79 Å². The lowest BCUT2D eigenvalue weighted by atomic mass is 9.98. The van der Waals surface area contributed by atoms with E-state index in [1.165, 1.54) is 5.56 Å². The molecule has 2 rings (SSSR count). The van der Waals surface area contributed by atoms with Gasteiger partial charge in [0.15, 0.2) is 0 Å². The highest BCUT2D eigenvalue weighted by molar-refractivity contribution is 5.68. The molecular formula is C19H30N2O2. The fourth-order valence-corrected chi connectivity index (χ4v) is 3.01. The van der Waals surface area contributed by atoms with Crippen LogP contribution in [0.15, 0.2) is 30.3 Å². The Morgan fingerprint density at radius 3 is 2.61 bits per heavy atom. The molecular weight excluding hydrogens is 288 g/mol. The lowest BCUT2D eigenvalue weighted by Gasteiger charge is -2.38. The van der Waals surface area contributed by atoms with Gasteiger partial charge in [0, 0.05) is 18.6 Å². The monoisotopic (exact) mass is 318 g/mol. The third-order valence-electron chi connectivity index (χ3n) is 4.19. The molecule has 1 aromatic rings. The first-order chi connectivity index (χ1) is 10.8. The number of hydrogen-bond donors (Lipinski definition) is 1. The molecule has 0 spiro atoms. The smallest absolute Gasteiger partial charge is 0.410 e. The summed E-state index contributed by atoms with van der Waals surface area (Å²) in [6.07, 6.45) is 2.82. The van der Waals surface area contributed by atoms with Gasteiger partial charge < -0.3 is 15.0 Å². The Kier molecular flexibility index (Phi) is 6.05. The number of nitrogens with one attached hydrogen (secondary N) is 1. The molecule has 1 aliphatic heterocycles. The highest BCUT2D eigenvalue weighted by Crippen LogP contribution is 2.20. The van der Waals surface area contributed by atoms with Crippen LogP contribution in [0.1, 0.15) is 46.1 Å². The molecule has 4 nitrogen and oxygen atoms in total. The number of hydrogen-bond acceptors (Lipinski definition) is 3. The summed E-state index contributed by atoms with van der Waals surface area (Å²) in [6.45, 7) is 9.58. The Labute approximate surface area is 140 Å². The molecule has 0 bridgehead atoms. The maximum absolute atomic E-state index is 12.2. The van der Waals surface area contributed by atoms with Crippen LogP contribution in [0, 0.1) is 0 Å². The number of piperidine rings is 1. The number of ether oxygens (including phenoxy) is 1. The molecule has 0 saturated carbocycles. The second-order valence-corrected chi connectivity index (χ2v) is 7.43. The first-order valence-corrected chi connectivity index (χ1v) is 8.62. The van der Waals surface area contributed by atoms with Crippen LogP contribution < -0.4 is 5.32 Å². The molecule has 1 amide bonds. The third kappa shape index (κ3) is 5.87. The van der Waals surface area contributed by atoms with E-state index in [1.807, 2.05) is 31.7 Å². The van der Waals surface area contributed by atoms with Crippen LogP contribution in [0.2, 0.25) is 0 Å². The van der Waals surface area contributed by atoms with Crippen LogP contribution in [0.4, 0.5) is 4.79 Å².